The van der Waals surface area contributed by atoms with E-state index < -0.39 is 0 Å². The second kappa shape index (κ2) is 7.94. The topological polar surface area (TPSA) is 82.4 Å². The van der Waals surface area contributed by atoms with Gasteiger partial charge in [-0.2, -0.15) is 10.2 Å². The zero-order valence-electron chi connectivity index (χ0n) is 14.0. The SMILES string of the molecule is CCOc1ccnc(N2CCCN(C(=O)c3ccc(C#N)s3)CC2)n1. The van der Waals surface area contributed by atoms with Crippen molar-refractivity contribution in [3.63, 3.8) is 0 Å². The summed E-state index contributed by atoms with van der Waals surface area (Å²) in [5.74, 6) is 1.17. The van der Waals surface area contributed by atoms with Crippen molar-refractivity contribution in [1.29, 1.82) is 5.26 Å². The Bertz CT molecular complexity index is 785. The third kappa shape index (κ3) is 4.06. The van der Waals surface area contributed by atoms with Gasteiger partial charge in [0.2, 0.25) is 11.8 Å². The number of thiophene rings is 1. The fraction of sp³-hybridized carbons (Fsp3) is 0.412. The van der Waals surface area contributed by atoms with Gasteiger partial charge < -0.3 is 14.5 Å². The van der Waals surface area contributed by atoms with Crippen molar-refractivity contribution in [2.24, 2.45) is 0 Å². The first-order valence-electron chi connectivity index (χ1n) is 8.21. The first kappa shape index (κ1) is 17.2. The Morgan fingerprint density at radius 2 is 2.20 bits per heavy atom. The molecule has 0 radical (unpaired) electrons. The first-order chi connectivity index (χ1) is 12.2. The van der Waals surface area contributed by atoms with Crippen LogP contribution in [0.4, 0.5) is 5.95 Å². The van der Waals surface area contributed by atoms with Crippen molar-refractivity contribution in [2.75, 3.05) is 37.7 Å². The predicted octanol–water partition coefficient (Wildman–Crippen LogP) is 2.16. The largest absolute Gasteiger partial charge is 0.478 e. The van der Waals surface area contributed by atoms with Gasteiger partial charge in [-0.1, -0.05) is 0 Å². The van der Waals surface area contributed by atoms with E-state index in [1.807, 2.05) is 11.8 Å². The molecule has 0 atom stereocenters. The molecule has 3 heterocycles. The monoisotopic (exact) mass is 357 g/mol. The smallest absolute Gasteiger partial charge is 0.264 e. The second-order valence-corrected chi connectivity index (χ2v) is 6.62. The van der Waals surface area contributed by atoms with Gasteiger partial charge >= 0.3 is 0 Å². The van der Waals surface area contributed by atoms with Gasteiger partial charge in [0.25, 0.3) is 5.91 Å². The van der Waals surface area contributed by atoms with Gasteiger partial charge in [-0.25, -0.2) is 4.98 Å². The summed E-state index contributed by atoms with van der Waals surface area (Å²) < 4.78 is 5.43. The van der Waals surface area contributed by atoms with Crippen molar-refractivity contribution >= 4 is 23.2 Å². The maximum absolute atomic E-state index is 12.6. The first-order valence-corrected chi connectivity index (χ1v) is 9.03. The summed E-state index contributed by atoms with van der Waals surface area (Å²) >= 11 is 1.24. The minimum absolute atomic E-state index is 0.0164. The van der Waals surface area contributed by atoms with Crippen LogP contribution in [0.5, 0.6) is 5.88 Å². The Labute approximate surface area is 150 Å². The van der Waals surface area contributed by atoms with Gasteiger partial charge in [0.05, 0.1) is 11.5 Å². The Morgan fingerprint density at radius 3 is 2.96 bits per heavy atom. The number of aromatic nitrogens is 2. The lowest BCUT2D eigenvalue weighted by molar-refractivity contribution is 0.0772. The van der Waals surface area contributed by atoms with E-state index in [9.17, 15) is 4.79 Å². The van der Waals surface area contributed by atoms with Crippen molar-refractivity contribution in [2.45, 2.75) is 13.3 Å². The average molecular weight is 357 g/mol. The van der Waals surface area contributed by atoms with Crippen LogP contribution in [0.15, 0.2) is 24.4 Å². The van der Waals surface area contributed by atoms with E-state index in [4.69, 9.17) is 10.00 Å². The number of nitriles is 1. The summed E-state index contributed by atoms with van der Waals surface area (Å²) in [6.45, 7) is 5.20. The lowest BCUT2D eigenvalue weighted by atomic mass is 10.3. The van der Waals surface area contributed by atoms with Crippen LogP contribution in [0.25, 0.3) is 0 Å². The van der Waals surface area contributed by atoms with E-state index in [1.165, 1.54) is 11.3 Å². The minimum atomic E-state index is -0.0164. The molecule has 2 aromatic rings. The van der Waals surface area contributed by atoms with Crippen molar-refractivity contribution in [1.82, 2.24) is 14.9 Å². The van der Waals surface area contributed by atoms with Gasteiger partial charge in [0, 0.05) is 38.4 Å². The molecule has 0 saturated carbocycles. The van der Waals surface area contributed by atoms with E-state index in [-0.39, 0.29) is 5.91 Å². The number of ether oxygens (including phenoxy) is 1. The predicted molar refractivity (Wildman–Crippen MR) is 95.0 cm³/mol. The van der Waals surface area contributed by atoms with Crippen molar-refractivity contribution < 1.29 is 9.53 Å². The molecule has 0 bridgehead atoms. The number of anilines is 1. The van der Waals surface area contributed by atoms with Crippen LogP contribution >= 0.6 is 11.3 Å². The summed E-state index contributed by atoms with van der Waals surface area (Å²) in [5.41, 5.74) is 0. The van der Waals surface area contributed by atoms with E-state index in [1.54, 1.807) is 24.4 Å². The van der Waals surface area contributed by atoms with E-state index in [0.29, 0.717) is 47.8 Å². The number of rotatable bonds is 4. The Kier molecular flexibility index (Phi) is 5.46. The molecule has 2 aromatic heterocycles. The third-order valence-electron chi connectivity index (χ3n) is 3.90. The normalized spacial score (nSPS) is 14.7. The maximum atomic E-state index is 12.6. The molecule has 7 nitrogen and oxygen atoms in total. The van der Waals surface area contributed by atoms with E-state index in [0.717, 1.165) is 13.0 Å². The number of carbonyl (C=O) groups excluding carboxylic acids is 1. The summed E-state index contributed by atoms with van der Waals surface area (Å²) in [5, 5.41) is 8.91. The fourth-order valence-electron chi connectivity index (χ4n) is 2.70. The summed E-state index contributed by atoms with van der Waals surface area (Å²) in [7, 11) is 0. The zero-order valence-corrected chi connectivity index (χ0v) is 14.8. The molecule has 8 heteroatoms. The molecule has 0 unspecified atom stereocenters. The summed E-state index contributed by atoms with van der Waals surface area (Å²) in [4.78, 5) is 26.4. The molecule has 25 heavy (non-hydrogen) atoms. The van der Waals surface area contributed by atoms with Crippen LogP contribution in [0.3, 0.4) is 0 Å². The molecule has 3 rings (SSSR count). The molecule has 0 spiro atoms. The maximum Gasteiger partial charge on any atom is 0.264 e. The van der Waals surface area contributed by atoms with E-state index in [2.05, 4.69) is 20.9 Å². The standard InChI is InChI=1S/C17H19N5O2S/c1-2-24-15-6-7-19-17(20-15)22-9-3-8-21(10-11-22)16(23)14-5-4-13(12-18)25-14/h4-7H,2-3,8-11H2,1H3. The highest BCUT2D eigenvalue weighted by Crippen LogP contribution is 2.20. The fourth-order valence-corrected chi connectivity index (χ4v) is 3.47. The third-order valence-corrected chi connectivity index (χ3v) is 4.88. The molecular formula is C17H19N5O2S. The average Bonchev–Trinajstić information content (AvgIpc) is 2.98. The number of hydrogen-bond acceptors (Lipinski definition) is 7. The Morgan fingerprint density at radius 1 is 1.32 bits per heavy atom. The van der Waals surface area contributed by atoms with Crippen LogP contribution in [-0.2, 0) is 0 Å². The van der Waals surface area contributed by atoms with Crippen LogP contribution in [-0.4, -0.2) is 53.6 Å². The molecular weight excluding hydrogens is 338 g/mol. The summed E-state index contributed by atoms with van der Waals surface area (Å²) in [6.07, 6.45) is 2.53. The molecule has 0 aliphatic carbocycles. The van der Waals surface area contributed by atoms with Gasteiger partial charge in [0.1, 0.15) is 10.9 Å². The highest BCUT2D eigenvalue weighted by molar-refractivity contribution is 7.14. The van der Waals surface area contributed by atoms with Gasteiger partial charge in [-0.3, -0.25) is 4.79 Å². The quantitative estimate of drug-likeness (QED) is 0.834. The van der Waals surface area contributed by atoms with Crippen LogP contribution in [0.1, 0.15) is 27.9 Å². The molecule has 130 valence electrons. The van der Waals surface area contributed by atoms with Crippen molar-refractivity contribution in [3.05, 3.63) is 34.2 Å². The lowest BCUT2D eigenvalue weighted by Gasteiger charge is -2.22. The molecule has 1 aliphatic heterocycles. The number of carbonyl (C=O) groups is 1. The number of hydrogen-bond donors (Lipinski definition) is 0. The molecule has 0 N–H and O–H groups in total. The molecule has 1 fully saturated rings. The van der Waals surface area contributed by atoms with Crippen LogP contribution < -0.4 is 9.64 Å². The number of amides is 1. The molecule has 1 saturated heterocycles. The Balaban J connectivity index is 1.67. The van der Waals surface area contributed by atoms with Gasteiger partial charge in [0.15, 0.2) is 0 Å². The Hall–Kier alpha value is -2.66. The van der Waals surface area contributed by atoms with E-state index >= 15 is 0 Å². The van der Waals surface area contributed by atoms with Gasteiger partial charge in [-0.05, 0) is 25.5 Å². The second-order valence-electron chi connectivity index (χ2n) is 5.54. The van der Waals surface area contributed by atoms with Gasteiger partial charge in [-0.15, -0.1) is 11.3 Å². The summed E-state index contributed by atoms with van der Waals surface area (Å²) in [6, 6.07) is 7.23. The molecule has 0 aromatic carbocycles. The minimum Gasteiger partial charge on any atom is -0.478 e. The van der Waals surface area contributed by atoms with Crippen LogP contribution in [0, 0.1) is 11.3 Å². The van der Waals surface area contributed by atoms with Crippen LogP contribution in [0.2, 0.25) is 0 Å². The number of nitrogens with zero attached hydrogens (tertiary/aromatic N) is 5. The highest BCUT2D eigenvalue weighted by Gasteiger charge is 2.22. The highest BCUT2D eigenvalue weighted by atomic mass is 32.1. The lowest BCUT2D eigenvalue weighted by Crippen LogP contribution is -2.35. The molecule has 1 amide bonds. The zero-order chi connectivity index (χ0) is 17.6. The van der Waals surface area contributed by atoms with Crippen molar-refractivity contribution in [3.8, 4) is 11.9 Å². The molecule has 1 aliphatic rings.